The van der Waals surface area contributed by atoms with E-state index in [1.165, 1.54) is 38.1 Å². The molecule has 3 N–H and O–H groups in total. The van der Waals surface area contributed by atoms with Gasteiger partial charge in [0.1, 0.15) is 24.6 Å². The number of nitrogens with two attached hydrogens (primary N) is 1. The fraction of sp³-hybridized carbons (Fsp3) is 0.240. The highest BCUT2D eigenvalue weighted by molar-refractivity contribution is 6.31. The number of hydrogen-bond donors (Lipinski definition) is 2. The molecule has 0 saturated carbocycles. The van der Waals surface area contributed by atoms with Crippen molar-refractivity contribution in [2.45, 2.75) is 39.0 Å². The molecule has 4 aromatic rings. The number of carbonyl (C=O) groups excluding carboxylic acids is 2. The Labute approximate surface area is 223 Å². The second-order valence-electron chi connectivity index (χ2n) is 9.32. The highest BCUT2D eigenvalue weighted by Crippen LogP contribution is 2.21. The number of halogens is 3. The van der Waals surface area contributed by atoms with E-state index < -0.39 is 51.9 Å². The maximum absolute atomic E-state index is 13.9. The number of fused-ring (bicyclic) bond motifs is 1. The average Bonchev–Trinajstić information content (AvgIpc) is 3.12. The summed E-state index contributed by atoms with van der Waals surface area (Å²) in [5, 5.41) is 9.66. The van der Waals surface area contributed by atoms with Crippen molar-refractivity contribution in [3.05, 3.63) is 91.3 Å². The zero-order valence-corrected chi connectivity index (χ0v) is 21.4. The van der Waals surface area contributed by atoms with Gasteiger partial charge in [0, 0.05) is 11.6 Å². The molecular formula is C25H22ClF2N5O6. The fourth-order valence-electron chi connectivity index (χ4n) is 3.89. The molecule has 11 nitrogen and oxygen atoms in total. The van der Waals surface area contributed by atoms with Crippen molar-refractivity contribution in [1.82, 2.24) is 18.7 Å². The van der Waals surface area contributed by atoms with E-state index in [0.717, 1.165) is 21.5 Å². The Balaban J connectivity index is 1.66. The summed E-state index contributed by atoms with van der Waals surface area (Å²) in [5.74, 6) is -2.62. The summed E-state index contributed by atoms with van der Waals surface area (Å²) in [7, 11) is 0. The highest BCUT2D eigenvalue weighted by atomic mass is 35.5. The number of benzene rings is 2. The minimum atomic E-state index is -1.43. The topological polar surface area (TPSA) is 151 Å². The molecule has 1 amide bonds. The quantitative estimate of drug-likeness (QED) is 0.352. The van der Waals surface area contributed by atoms with Crippen LogP contribution in [0.2, 0.25) is 5.02 Å². The number of carbonyl (C=O) groups is 2. The monoisotopic (exact) mass is 561 g/mol. The Morgan fingerprint density at radius 3 is 2.46 bits per heavy atom. The second-order valence-corrected chi connectivity index (χ2v) is 9.70. The minimum Gasteiger partial charge on any atom is -0.471 e. The van der Waals surface area contributed by atoms with Gasteiger partial charge in [-0.3, -0.25) is 14.2 Å². The average molecular weight is 562 g/mol. The number of hydrogen-bond acceptors (Lipinski definition) is 7. The first-order valence-corrected chi connectivity index (χ1v) is 11.8. The number of aromatic nitrogens is 4. The van der Waals surface area contributed by atoms with E-state index in [-0.39, 0.29) is 35.6 Å². The van der Waals surface area contributed by atoms with E-state index in [0.29, 0.717) is 16.2 Å². The number of rotatable bonds is 7. The van der Waals surface area contributed by atoms with E-state index in [9.17, 15) is 33.1 Å². The number of ether oxygens (including phenoxy) is 1. The molecule has 204 valence electrons. The van der Waals surface area contributed by atoms with Crippen LogP contribution in [0.5, 0.6) is 5.88 Å². The van der Waals surface area contributed by atoms with E-state index in [1.807, 2.05) is 0 Å². The van der Waals surface area contributed by atoms with Crippen LogP contribution in [0.4, 0.5) is 13.6 Å². The maximum atomic E-state index is 13.9. The van der Waals surface area contributed by atoms with Crippen LogP contribution in [0.25, 0.3) is 11.0 Å². The molecule has 0 saturated heterocycles. The van der Waals surface area contributed by atoms with Gasteiger partial charge in [-0.25, -0.2) is 32.5 Å². The maximum Gasteiger partial charge on any atom is 0.344 e. The van der Waals surface area contributed by atoms with Gasteiger partial charge in [0.15, 0.2) is 5.02 Å². The molecule has 0 spiro atoms. The van der Waals surface area contributed by atoms with Crippen LogP contribution in [0.15, 0.2) is 52.3 Å². The third-order valence-electron chi connectivity index (χ3n) is 5.64. The van der Waals surface area contributed by atoms with Gasteiger partial charge in [-0.05, 0) is 43.7 Å². The summed E-state index contributed by atoms with van der Waals surface area (Å²) < 4.78 is 34.8. The molecule has 0 aliphatic heterocycles. The van der Waals surface area contributed by atoms with Crippen molar-refractivity contribution in [3.63, 3.8) is 0 Å². The zero-order valence-electron chi connectivity index (χ0n) is 20.7. The Kier molecular flexibility index (Phi) is 7.39. The third kappa shape index (κ3) is 5.73. The first-order chi connectivity index (χ1) is 18.3. The lowest BCUT2D eigenvalue weighted by Gasteiger charge is -2.15. The van der Waals surface area contributed by atoms with Gasteiger partial charge in [-0.15, -0.1) is 0 Å². The molecule has 4 rings (SSSR count). The number of amides is 1. The van der Waals surface area contributed by atoms with Gasteiger partial charge in [0.25, 0.3) is 5.56 Å². The van der Waals surface area contributed by atoms with Crippen LogP contribution in [0.1, 0.15) is 36.2 Å². The number of nitrogens with zero attached hydrogens (tertiary/aromatic N) is 4. The van der Waals surface area contributed by atoms with Gasteiger partial charge in [0.05, 0.1) is 29.6 Å². The molecule has 0 fully saturated rings. The van der Waals surface area contributed by atoms with E-state index in [1.54, 1.807) is 0 Å². The molecule has 0 unspecified atom stereocenters. The van der Waals surface area contributed by atoms with Crippen LogP contribution in [-0.4, -0.2) is 41.3 Å². The molecule has 0 atom stereocenters. The Bertz CT molecular complexity index is 1740. The zero-order chi connectivity index (χ0) is 28.6. The van der Waals surface area contributed by atoms with Crippen LogP contribution in [0.3, 0.4) is 0 Å². The lowest BCUT2D eigenvalue weighted by molar-refractivity contribution is 0.0530. The predicted octanol–water partition coefficient (Wildman–Crippen LogP) is 2.65. The van der Waals surface area contributed by atoms with Crippen LogP contribution < -0.4 is 21.7 Å². The standard InChI is InChI=1S/C25H22ClF2N5O6/c1-25(2,38)9-19(34)32-18-7-13(3-6-17(18)33(23(29)36)24(32)37)10-31-12-30-21(20(26)22(31)35)39-11-14-4-5-15(27)8-16(14)28/h3-8,12,38H,9-11H2,1-2H3,(H2,29,36). The number of primary amides is 1. The third-order valence-corrected chi connectivity index (χ3v) is 5.96. The molecule has 0 aliphatic rings. The van der Waals surface area contributed by atoms with Crippen molar-refractivity contribution in [1.29, 1.82) is 0 Å². The second kappa shape index (κ2) is 10.4. The smallest absolute Gasteiger partial charge is 0.344 e. The Morgan fingerprint density at radius 1 is 1.10 bits per heavy atom. The SMILES string of the molecule is CC(C)(O)CC(=O)n1c(=O)n(C(N)=O)c2ccc(Cn3cnc(OCc4ccc(F)cc4F)c(Cl)c3=O)cc21. The van der Waals surface area contributed by atoms with Crippen molar-refractivity contribution in [2.75, 3.05) is 0 Å². The summed E-state index contributed by atoms with van der Waals surface area (Å²) >= 11 is 6.14. The van der Waals surface area contributed by atoms with Crippen LogP contribution in [-0.2, 0) is 13.2 Å². The van der Waals surface area contributed by atoms with E-state index >= 15 is 0 Å². The van der Waals surface area contributed by atoms with Gasteiger partial charge < -0.3 is 15.6 Å². The lowest BCUT2D eigenvalue weighted by atomic mass is 10.1. The fourth-order valence-corrected chi connectivity index (χ4v) is 4.10. The molecule has 0 radical (unpaired) electrons. The molecule has 2 heterocycles. The van der Waals surface area contributed by atoms with Crippen molar-refractivity contribution in [3.8, 4) is 5.88 Å². The molecule has 39 heavy (non-hydrogen) atoms. The van der Waals surface area contributed by atoms with Gasteiger partial charge in [-0.2, -0.15) is 0 Å². The van der Waals surface area contributed by atoms with E-state index in [2.05, 4.69) is 4.98 Å². The Morgan fingerprint density at radius 2 is 1.82 bits per heavy atom. The van der Waals surface area contributed by atoms with Gasteiger partial charge >= 0.3 is 11.7 Å². The first-order valence-electron chi connectivity index (χ1n) is 11.4. The van der Waals surface area contributed by atoms with Gasteiger partial charge in [0.2, 0.25) is 11.8 Å². The summed E-state index contributed by atoms with van der Waals surface area (Å²) in [5.41, 5.74) is 2.76. The van der Waals surface area contributed by atoms with Crippen molar-refractivity contribution < 1.29 is 28.2 Å². The molecule has 2 aromatic carbocycles. The minimum absolute atomic E-state index is 0.0276. The molecule has 2 aromatic heterocycles. The molecular weight excluding hydrogens is 540 g/mol. The largest absolute Gasteiger partial charge is 0.471 e. The normalized spacial score (nSPS) is 11.6. The summed E-state index contributed by atoms with van der Waals surface area (Å²) in [6.45, 7) is 2.32. The van der Waals surface area contributed by atoms with Crippen molar-refractivity contribution >= 4 is 34.6 Å². The lowest BCUT2D eigenvalue weighted by Crippen LogP contribution is -2.37. The summed E-state index contributed by atoms with van der Waals surface area (Å²) in [6, 6.07) is 6.15. The highest BCUT2D eigenvalue weighted by Gasteiger charge is 2.26. The van der Waals surface area contributed by atoms with Gasteiger partial charge in [-0.1, -0.05) is 17.7 Å². The molecule has 0 bridgehead atoms. The summed E-state index contributed by atoms with van der Waals surface area (Å²) in [4.78, 5) is 54.4. The van der Waals surface area contributed by atoms with Crippen LogP contribution in [0, 0.1) is 11.6 Å². The Hall–Kier alpha value is -4.36. The van der Waals surface area contributed by atoms with E-state index in [4.69, 9.17) is 22.1 Å². The van der Waals surface area contributed by atoms with Crippen molar-refractivity contribution in [2.24, 2.45) is 5.73 Å². The predicted molar refractivity (Wildman–Crippen MR) is 136 cm³/mol. The number of imidazole rings is 1. The number of aliphatic hydroxyl groups is 1. The molecule has 0 aliphatic carbocycles. The summed E-state index contributed by atoms with van der Waals surface area (Å²) in [6.07, 6.45) is 0.715. The molecule has 14 heteroatoms. The first kappa shape index (κ1) is 27.7. The van der Waals surface area contributed by atoms with Crippen LogP contribution >= 0.6 is 11.6 Å².